The van der Waals surface area contributed by atoms with Crippen LogP contribution in [0.5, 0.6) is 0 Å². The number of amides is 1. The van der Waals surface area contributed by atoms with Crippen LogP contribution in [0.3, 0.4) is 0 Å². The number of rotatable bonds is 2. The molecule has 1 aliphatic heterocycles. The van der Waals surface area contributed by atoms with Crippen LogP contribution in [-0.2, 0) is 4.74 Å². The highest BCUT2D eigenvalue weighted by Crippen LogP contribution is 2.22. The zero-order valence-corrected chi connectivity index (χ0v) is 9.15. The summed E-state index contributed by atoms with van der Waals surface area (Å²) in [5.74, 6) is -0.0102. The molecule has 3 nitrogen and oxygen atoms in total. The summed E-state index contributed by atoms with van der Waals surface area (Å²) in [6, 6.07) is 3.88. The lowest BCUT2D eigenvalue weighted by atomic mass is 10.2. The monoisotopic (exact) mass is 261 g/mol. The van der Waals surface area contributed by atoms with Crippen LogP contribution in [0.4, 0.5) is 0 Å². The van der Waals surface area contributed by atoms with Gasteiger partial charge in [0, 0.05) is 0 Å². The molecule has 2 heterocycles. The molecular weight excluding hydrogens is 254 g/mol. The Morgan fingerprint density at radius 2 is 2.38 bits per heavy atom. The van der Waals surface area contributed by atoms with Crippen molar-refractivity contribution in [2.75, 3.05) is 13.2 Å². The van der Waals surface area contributed by atoms with E-state index in [-0.39, 0.29) is 11.9 Å². The molecule has 1 aromatic rings. The Bertz CT molecular complexity index is 322. The van der Waals surface area contributed by atoms with Crippen LogP contribution in [0.1, 0.15) is 9.67 Å². The fourth-order valence-electron chi connectivity index (χ4n) is 1.01. The van der Waals surface area contributed by atoms with E-state index >= 15 is 0 Å². The highest BCUT2D eigenvalue weighted by Gasteiger charge is 2.21. The van der Waals surface area contributed by atoms with Gasteiger partial charge >= 0.3 is 0 Å². The molecule has 70 valence electrons. The average Bonchev–Trinajstić information content (AvgIpc) is 2.44. The number of carbonyl (C=O) groups is 1. The van der Waals surface area contributed by atoms with Gasteiger partial charge in [0.2, 0.25) is 0 Å². The van der Waals surface area contributed by atoms with E-state index in [1.54, 1.807) is 0 Å². The fourth-order valence-corrected chi connectivity index (χ4v) is 2.30. The predicted octanol–water partition coefficient (Wildman–Crippen LogP) is 1.64. The minimum atomic E-state index is -0.0102. The molecule has 0 atom stereocenters. The fraction of sp³-hybridized carbons (Fsp3) is 0.375. The molecule has 0 bridgehead atoms. The number of halogens is 1. The van der Waals surface area contributed by atoms with Gasteiger partial charge in [0.1, 0.15) is 0 Å². The molecule has 1 saturated heterocycles. The molecular formula is C8H8BrNO2S. The van der Waals surface area contributed by atoms with Crippen LogP contribution in [0.25, 0.3) is 0 Å². The lowest BCUT2D eigenvalue weighted by molar-refractivity contribution is -0.00338. The van der Waals surface area contributed by atoms with Crippen molar-refractivity contribution in [3.63, 3.8) is 0 Å². The van der Waals surface area contributed by atoms with Crippen LogP contribution in [0.15, 0.2) is 15.9 Å². The van der Waals surface area contributed by atoms with Crippen molar-refractivity contribution in [3.8, 4) is 0 Å². The highest BCUT2D eigenvalue weighted by atomic mass is 79.9. The zero-order valence-electron chi connectivity index (χ0n) is 6.75. The highest BCUT2D eigenvalue weighted by molar-refractivity contribution is 9.11. The summed E-state index contributed by atoms with van der Waals surface area (Å²) in [5.41, 5.74) is 0. The standard InChI is InChI=1S/C8H8BrNO2S/c9-7-2-1-6(13-7)8(11)10-5-3-12-4-5/h1-2,5H,3-4H2,(H,10,11). The largest absolute Gasteiger partial charge is 0.377 e. The average molecular weight is 262 g/mol. The molecule has 1 fully saturated rings. The van der Waals surface area contributed by atoms with E-state index in [0.717, 1.165) is 8.66 Å². The Hall–Kier alpha value is -0.390. The summed E-state index contributed by atoms with van der Waals surface area (Å²) in [5, 5.41) is 2.87. The minimum Gasteiger partial charge on any atom is -0.377 e. The molecule has 1 amide bonds. The van der Waals surface area contributed by atoms with Gasteiger partial charge in [-0.1, -0.05) is 0 Å². The molecule has 0 saturated carbocycles. The SMILES string of the molecule is O=C(NC1COC1)c1ccc(Br)s1. The zero-order chi connectivity index (χ0) is 9.26. The number of carbonyl (C=O) groups excluding carboxylic acids is 1. The second kappa shape index (κ2) is 3.77. The second-order valence-electron chi connectivity index (χ2n) is 2.81. The third-order valence-electron chi connectivity index (χ3n) is 1.77. The van der Waals surface area contributed by atoms with E-state index in [4.69, 9.17) is 4.74 Å². The molecule has 0 aliphatic carbocycles. The van der Waals surface area contributed by atoms with Gasteiger partial charge in [-0.05, 0) is 28.1 Å². The summed E-state index contributed by atoms with van der Waals surface area (Å²) < 4.78 is 5.93. The van der Waals surface area contributed by atoms with E-state index in [9.17, 15) is 4.79 Å². The van der Waals surface area contributed by atoms with Gasteiger partial charge in [-0.25, -0.2) is 0 Å². The van der Waals surface area contributed by atoms with Gasteiger partial charge in [-0.3, -0.25) is 4.79 Å². The Kier molecular flexibility index (Phi) is 2.66. The van der Waals surface area contributed by atoms with Crippen LogP contribution < -0.4 is 5.32 Å². The maximum absolute atomic E-state index is 11.5. The molecule has 2 rings (SSSR count). The first-order chi connectivity index (χ1) is 6.25. The maximum atomic E-state index is 11.5. The number of hydrogen-bond donors (Lipinski definition) is 1. The molecule has 13 heavy (non-hydrogen) atoms. The van der Waals surface area contributed by atoms with Crippen molar-refractivity contribution in [1.82, 2.24) is 5.32 Å². The summed E-state index contributed by atoms with van der Waals surface area (Å²) in [6.07, 6.45) is 0. The number of hydrogen-bond acceptors (Lipinski definition) is 3. The van der Waals surface area contributed by atoms with Gasteiger partial charge in [0.05, 0.1) is 27.9 Å². The summed E-state index contributed by atoms with van der Waals surface area (Å²) in [4.78, 5) is 12.2. The van der Waals surface area contributed by atoms with Crippen LogP contribution in [0.2, 0.25) is 0 Å². The first-order valence-electron chi connectivity index (χ1n) is 3.89. The van der Waals surface area contributed by atoms with Gasteiger partial charge in [0.15, 0.2) is 0 Å². The molecule has 0 unspecified atom stereocenters. The van der Waals surface area contributed by atoms with E-state index < -0.39 is 0 Å². The Balaban J connectivity index is 1.96. The number of ether oxygens (including phenoxy) is 1. The molecule has 0 aromatic carbocycles. The van der Waals surface area contributed by atoms with Gasteiger partial charge < -0.3 is 10.1 Å². The van der Waals surface area contributed by atoms with Crippen molar-refractivity contribution in [3.05, 3.63) is 20.8 Å². The van der Waals surface area contributed by atoms with E-state index in [0.29, 0.717) is 13.2 Å². The van der Waals surface area contributed by atoms with Crippen molar-refractivity contribution >= 4 is 33.2 Å². The second-order valence-corrected chi connectivity index (χ2v) is 5.27. The molecule has 0 spiro atoms. The molecule has 1 aliphatic rings. The van der Waals surface area contributed by atoms with E-state index in [2.05, 4.69) is 21.2 Å². The van der Waals surface area contributed by atoms with Crippen LogP contribution >= 0.6 is 27.3 Å². The van der Waals surface area contributed by atoms with Gasteiger partial charge in [-0.15, -0.1) is 11.3 Å². The normalized spacial score (nSPS) is 16.7. The Morgan fingerprint density at radius 1 is 1.62 bits per heavy atom. The van der Waals surface area contributed by atoms with E-state index in [1.807, 2.05) is 12.1 Å². The van der Waals surface area contributed by atoms with Crippen LogP contribution in [-0.4, -0.2) is 25.2 Å². The summed E-state index contributed by atoms with van der Waals surface area (Å²) >= 11 is 4.75. The first kappa shape index (κ1) is 9.18. The van der Waals surface area contributed by atoms with Crippen molar-refractivity contribution in [2.45, 2.75) is 6.04 Å². The lowest BCUT2D eigenvalue weighted by Crippen LogP contribution is -2.48. The first-order valence-corrected chi connectivity index (χ1v) is 5.50. The third kappa shape index (κ3) is 2.10. The smallest absolute Gasteiger partial charge is 0.261 e. The van der Waals surface area contributed by atoms with Gasteiger partial charge in [0.25, 0.3) is 5.91 Å². The molecule has 1 aromatic heterocycles. The lowest BCUT2D eigenvalue weighted by Gasteiger charge is -2.26. The topological polar surface area (TPSA) is 38.3 Å². The third-order valence-corrected chi connectivity index (χ3v) is 3.39. The number of thiophene rings is 1. The molecule has 5 heteroatoms. The van der Waals surface area contributed by atoms with Crippen molar-refractivity contribution < 1.29 is 9.53 Å². The molecule has 1 N–H and O–H groups in total. The van der Waals surface area contributed by atoms with Crippen molar-refractivity contribution in [1.29, 1.82) is 0 Å². The Morgan fingerprint density at radius 3 is 2.85 bits per heavy atom. The quantitative estimate of drug-likeness (QED) is 0.879. The summed E-state index contributed by atoms with van der Waals surface area (Å²) in [6.45, 7) is 1.27. The molecule has 0 radical (unpaired) electrons. The van der Waals surface area contributed by atoms with Crippen LogP contribution in [0, 0.1) is 0 Å². The predicted molar refractivity (Wildman–Crippen MR) is 54.1 cm³/mol. The van der Waals surface area contributed by atoms with Gasteiger partial charge in [-0.2, -0.15) is 0 Å². The minimum absolute atomic E-state index is 0.0102. The number of nitrogens with one attached hydrogen (secondary N) is 1. The summed E-state index contributed by atoms with van der Waals surface area (Å²) in [7, 11) is 0. The van der Waals surface area contributed by atoms with E-state index in [1.165, 1.54) is 11.3 Å². The maximum Gasteiger partial charge on any atom is 0.261 e. The van der Waals surface area contributed by atoms with Crippen molar-refractivity contribution in [2.24, 2.45) is 0 Å². The Labute approximate surface area is 88.2 Å².